The van der Waals surface area contributed by atoms with Crippen molar-refractivity contribution in [1.82, 2.24) is 4.90 Å². The number of hydrogen-bond donors (Lipinski definition) is 1. The molecule has 0 aromatic heterocycles. The van der Waals surface area contributed by atoms with Crippen molar-refractivity contribution in [3.05, 3.63) is 71.0 Å². The van der Waals surface area contributed by atoms with E-state index in [0.29, 0.717) is 24.2 Å². The predicted molar refractivity (Wildman–Crippen MR) is 89.6 cm³/mol. The maximum Gasteiger partial charge on any atom is 0.128 e. The molecule has 1 atom stereocenters. The molecule has 2 rings (SSSR count). The number of nitrogens with zero attached hydrogens (tertiary/aromatic N) is 2. The lowest BCUT2D eigenvalue weighted by Gasteiger charge is -2.20. The van der Waals surface area contributed by atoms with E-state index in [0.717, 1.165) is 5.56 Å². The molecule has 0 bridgehead atoms. The van der Waals surface area contributed by atoms with Gasteiger partial charge in [0.05, 0.1) is 31.0 Å². The van der Waals surface area contributed by atoms with Gasteiger partial charge in [0, 0.05) is 18.7 Å². The molecule has 126 valence electrons. The van der Waals surface area contributed by atoms with Crippen molar-refractivity contribution in [2.24, 2.45) is 0 Å². The first kappa shape index (κ1) is 18.1. The summed E-state index contributed by atoms with van der Waals surface area (Å²) in [4.78, 5) is 1.95. The zero-order chi connectivity index (χ0) is 17.4. The normalized spacial score (nSPS) is 12.1. The Morgan fingerprint density at radius 2 is 2.04 bits per heavy atom. The minimum Gasteiger partial charge on any atom is -0.389 e. The number of nitriles is 1. The minimum absolute atomic E-state index is 0.136. The number of likely N-dealkylation sites (N-methyl/N-ethyl adjacent to an activating group) is 1. The lowest BCUT2D eigenvalue weighted by molar-refractivity contribution is 0.0119. The third kappa shape index (κ3) is 5.74. The van der Waals surface area contributed by atoms with Crippen LogP contribution in [-0.4, -0.2) is 36.3 Å². The molecule has 0 aliphatic heterocycles. The highest BCUT2D eigenvalue weighted by Crippen LogP contribution is 2.09. The maximum absolute atomic E-state index is 13.5. The van der Waals surface area contributed by atoms with E-state index in [9.17, 15) is 9.50 Å². The van der Waals surface area contributed by atoms with E-state index < -0.39 is 6.10 Å². The number of aliphatic hydroxyl groups is 1. The molecule has 0 heterocycles. The number of aliphatic hydroxyl groups excluding tert-OH is 1. The van der Waals surface area contributed by atoms with E-state index in [4.69, 9.17) is 10.00 Å². The van der Waals surface area contributed by atoms with Crippen molar-refractivity contribution >= 4 is 0 Å². The van der Waals surface area contributed by atoms with Crippen molar-refractivity contribution < 1.29 is 14.2 Å². The van der Waals surface area contributed by atoms with Gasteiger partial charge in [0.15, 0.2) is 0 Å². The Kier molecular flexibility index (Phi) is 6.89. The summed E-state index contributed by atoms with van der Waals surface area (Å²) in [6, 6.07) is 15.9. The van der Waals surface area contributed by atoms with Crippen molar-refractivity contribution in [2.75, 3.05) is 20.2 Å². The topological polar surface area (TPSA) is 56.5 Å². The molecular formula is C19H21FN2O2. The van der Waals surface area contributed by atoms with E-state index in [1.54, 1.807) is 24.3 Å². The van der Waals surface area contributed by atoms with Gasteiger partial charge in [0.1, 0.15) is 5.82 Å². The first-order valence-electron chi connectivity index (χ1n) is 7.75. The third-order valence-corrected chi connectivity index (χ3v) is 3.56. The summed E-state index contributed by atoms with van der Waals surface area (Å²) in [6.45, 7) is 1.32. The lowest BCUT2D eigenvalue weighted by Crippen LogP contribution is -2.31. The highest BCUT2D eigenvalue weighted by Gasteiger charge is 2.10. The first-order chi connectivity index (χ1) is 11.6. The van der Waals surface area contributed by atoms with Crippen molar-refractivity contribution in [1.29, 1.82) is 5.26 Å². The van der Waals surface area contributed by atoms with Crippen LogP contribution in [0, 0.1) is 17.1 Å². The van der Waals surface area contributed by atoms with Crippen LogP contribution in [0.1, 0.15) is 16.7 Å². The van der Waals surface area contributed by atoms with Crippen LogP contribution in [0.4, 0.5) is 4.39 Å². The molecule has 0 fully saturated rings. The monoisotopic (exact) mass is 328 g/mol. The van der Waals surface area contributed by atoms with Gasteiger partial charge >= 0.3 is 0 Å². The number of halogens is 1. The molecule has 4 nitrogen and oxygen atoms in total. The summed E-state index contributed by atoms with van der Waals surface area (Å²) in [7, 11) is 1.89. The van der Waals surface area contributed by atoms with Crippen LogP contribution in [0.5, 0.6) is 0 Å². The van der Waals surface area contributed by atoms with Crippen LogP contribution in [0.2, 0.25) is 0 Å². The second-order valence-corrected chi connectivity index (χ2v) is 5.77. The van der Waals surface area contributed by atoms with Gasteiger partial charge in [-0.25, -0.2) is 4.39 Å². The highest BCUT2D eigenvalue weighted by molar-refractivity contribution is 5.32. The molecule has 0 radical (unpaired) electrons. The van der Waals surface area contributed by atoms with Gasteiger partial charge in [-0.2, -0.15) is 5.26 Å². The second kappa shape index (κ2) is 9.14. The van der Waals surface area contributed by atoms with Gasteiger partial charge in [-0.1, -0.05) is 30.3 Å². The second-order valence-electron chi connectivity index (χ2n) is 5.77. The SMILES string of the molecule is CN(Cc1cccc(C#N)c1)CC(O)COCc1ccccc1F. The summed E-state index contributed by atoms with van der Waals surface area (Å²) in [5.41, 5.74) is 2.11. The Balaban J connectivity index is 1.74. The third-order valence-electron chi connectivity index (χ3n) is 3.56. The van der Waals surface area contributed by atoms with Crippen LogP contribution in [-0.2, 0) is 17.9 Å². The molecule has 0 aliphatic carbocycles. The Morgan fingerprint density at radius 3 is 2.79 bits per heavy atom. The zero-order valence-electron chi connectivity index (χ0n) is 13.7. The largest absolute Gasteiger partial charge is 0.389 e. The average Bonchev–Trinajstić information content (AvgIpc) is 2.56. The smallest absolute Gasteiger partial charge is 0.128 e. The van der Waals surface area contributed by atoms with Crippen molar-refractivity contribution in [3.8, 4) is 6.07 Å². The molecule has 0 amide bonds. The molecule has 1 N–H and O–H groups in total. The molecule has 0 saturated carbocycles. The minimum atomic E-state index is -0.666. The first-order valence-corrected chi connectivity index (χ1v) is 7.75. The molecule has 0 spiro atoms. The summed E-state index contributed by atoms with van der Waals surface area (Å²) in [6.07, 6.45) is -0.666. The van der Waals surface area contributed by atoms with E-state index >= 15 is 0 Å². The van der Waals surface area contributed by atoms with Crippen LogP contribution >= 0.6 is 0 Å². The quantitative estimate of drug-likeness (QED) is 0.809. The molecule has 2 aromatic rings. The number of hydrogen-bond acceptors (Lipinski definition) is 4. The van der Waals surface area contributed by atoms with Crippen LogP contribution in [0.15, 0.2) is 48.5 Å². The van der Waals surface area contributed by atoms with Crippen LogP contribution < -0.4 is 0 Å². The van der Waals surface area contributed by atoms with Gasteiger partial charge in [0.2, 0.25) is 0 Å². The molecule has 24 heavy (non-hydrogen) atoms. The van der Waals surface area contributed by atoms with Crippen molar-refractivity contribution in [2.45, 2.75) is 19.3 Å². The molecule has 2 aromatic carbocycles. The van der Waals surface area contributed by atoms with Gasteiger partial charge < -0.3 is 9.84 Å². The lowest BCUT2D eigenvalue weighted by atomic mass is 10.1. The summed E-state index contributed by atoms with van der Waals surface area (Å²) in [5, 5.41) is 18.9. The van der Waals surface area contributed by atoms with Gasteiger partial charge in [-0.3, -0.25) is 4.90 Å². The van der Waals surface area contributed by atoms with E-state index in [-0.39, 0.29) is 19.0 Å². The number of rotatable bonds is 8. The van der Waals surface area contributed by atoms with Gasteiger partial charge in [0.25, 0.3) is 0 Å². The Bertz CT molecular complexity index is 700. The maximum atomic E-state index is 13.5. The van der Waals surface area contributed by atoms with Gasteiger partial charge in [-0.05, 0) is 30.8 Å². The number of ether oxygens (including phenoxy) is 1. The summed E-state index contributed by atoms with van der Waals surface area (Å²) >= 11 is 0. The fourth-order valence-electron chi connectivity index (χ4n) is 2.45. The molecule has 0 aliphatic rings. The summed E-state index contributed by atoms with van der Waals surface area (Å²) < 4.78 is 18.8. The van der Waals surface area contributed by atoms with E-state index in [2.05, 4.69) is 6.07 Å². The van der Waals surface area contributed by atoms with Gasteiger partial charge in [-0.15, -0.1) is 0 Å². The Morgan fingerprint density at radius 1 is 1.25 bits per heavy atom. The molecule has 0 saturated heterocycles. The highest BCUT2D eigenvalue weighted by atomic mass is 19.1. The zero-order valence-corrected chi connectivity index (χ0v) is 13.7. The molecule has 5 heteroatoms. The Labute approximate surface area is 141 Å². The Hall–Kier alpha value is -2.26. The molecule has 1 unspecified atom stereocenters. The summed E-state index contributed by atoms with van der Waals surface area (Å²) in [5.74, 6) is -0.304. The predicted octanol–water partition coefficient (Wildman–Crippen LogP) is 2.71. The van der Waals surface area contributed by atoms with E-state index in [1.165, 1.54) is 6.07 Å². The van der Waals surface area contributed by atoms with Crippen LogP contribution in [0.3, 0.4) is 0 Å². The van der Waals surface area contributed by atoms with Crippen molar-refractivity contribution in [3.63, 3.8) is 0 Å². The van der Waals surface area contributed by atoms with E-state index in [1.807, 2.05) is 30.1 Å². The molecular weight excluding hydrogens is 307 g/mol. The standard InChI is InChI=1S/C19H21FN2O2/c1-22(11-16-6-4-5-15(9-16)10-21)12-18(23)14-24-13-17-7-2-3-8-19(17)20/h2-9,18,23H,11-14H2,1H3. The fraction of sp³-hybridized carbons (Fsp3) is 0.316. The number of benzene rings is 2. The van der Waals surface area contributed by atoms with Crippen LogP contribution in [0.25, 0.3) is 0 Å². The average molecular weight is 328 g/mol. The fourth-order valence-corrected chi connectivity index (χ4v) is 2.45.